The lowest BCUT2D eigenvalue weighted by Gasteiger charge is -2.23. The maximum Gasteiger partial charge on any atom is 0.491 e. The zero-order chi connectivity index (χ0) is 21.3. The van der Waals surface area contributed by atoms with Gasteiger partial charge in [0.05, 0.1) is 5.52 Å². The monoisotopic (exact) mass is 437 g/mol. The van der Waals surface area contributed by atoms with Gasteiger partial charge in [0, 0.05) is 17.5 Å². The molecule has 0 spiro atoms. The number of imidazole rings is 1. The van der Waals surface area contributed by atoms with Gasteiger partial charge in [0.1, 0.15) is 11.3 Å². The Morgan fingerprint density at radius 3 is 2.53 bits per heavy atom. The van der Waals surface area contributed by atoms with Crippen molar-refractivity contribution in [3.63, 3.8) is 0 Å². The summed E-state index contributed by atoms with van der Waals surface area (Å²) in [6, 6.07) is 12.0. The van der Waals surface area contributed by atoms with Crippen LogP contribution in [-0.2, 0) is 11.3 Å². The lowest BCUT2D eigenvalue weighted by atomic mass is 9.97. The number of alkyl halides is 3. The molecule has 5 nitrogen and oxygen atoms in total. The average molecular weight is 438 g/mol. The number of hydrogen-bond acceptors (Lipinski definition) is 4. The zero-order valence-corrected chi connectivity index (χ0v) is 16.6. The number of para-hydroxylation sites is 1. The van der Waals surface area contributed by atoms with Gasteiger partial charge in [-0.3, -0.25) is 0 Å². The first-order chi connectivity index (χ1) is 14.3. The lowest BCUT2D eigenvalue weighted by Crippen LogP contribution is -2.28. The van der Waals surface area contributed by atoms with Crippen molar-refractivity contribution in [2.75, 3.05) is 13.1 Å². The van der Waals surface area contributed by atoms with E-state index in [0.29, 0.717) is 17.1 Å². The summed E-state index contributed by atoms with van der Waals surface area (Å²) in [5.41, 5.74) is 1.84. The zero-order valence-electron chi connectivity index (χ0n) is 15.9. The molecule has 1 aromatic heterocycles. The van der Waals surface area contributed by atoms with Crippen LogP contribution in [-0.4, -0.2) is 34.8 Å². The minimum atomic E-state index is -5.08. The first-order valence-electron chi connectivity index (χ1n) is 9.56. The predicted molar refractivity (Wildman–Crippen MR) is 107 cm³/mol. The quantitative estimate of drug-likeness (QED) is 0.476. The van der Waals surface area contributed by atoms with Gasteiger partial charge in [-0.1, -0.05) is 29.8 Å². The van der Waals surface area contributed by atoms with E-state index in [4.69, 9.17) is 11.6 Å². The van der Waals surface area contributed by atoms with Crippen LogP contribution >= 0.6 is 11.6 Å². The van der Waals surface area contributed by atoms with Crippen molar-refractivity contribution in [3.8, 4) is 5.75 Å². The number of benzene rings is 2. The van der Waals surface area contributed by atoms with Crippen LogP contribution in [0.4, 0.5) is 13.2 Å². The number of carbonyl (C=O) groups is 1. The SMILES string of the molecule is O=C(Oc1cccc2c1nc(C1CCNCC1)n2Cc1ccc(Cl)cc1)C(F)(F)F. The molecule has 0 saturated carbocycles. The van der Waals surface area contributed by atoms with Gasteiger partial charge in [0.2, 0.25) is 0 Å². The van der Waals surface area contributed by atoms with Crippen molar-refractivity contribution in [2.45, 2.75) is 31.5 Å². The third-order valence-electron chi connectivity index (χ3n) is 5.16. The molecule has 0 unspecified atom stereocenters. The molecule has 0 bridgehead atoms. The Bertz CT molecular complexity index is 1060. The number of aromatic nitrogens is 2. The normalized spacial score (nSPS) is 15.5. The van der Waals surface area contributed by atoms with Crippen LogP contribution in [0.15, 0.2) is 42.5 Å². The Kier molecular flexibility index (Phi) is 5.71. The number of carbonyl (C=O) groups excluding carboxylic acids is 1. The molecule has 9 heteroatoms. The van der Waals surface area contributed by atoms with Gasteiger partial charge in [-0.15, -0.1) is 0 Å². The summed E-state index contributed by atoms with van der Waals surface area (Å²) < 4.78 is 44.8. The van der Waals surface area contributed by atoms with E-state index in [1.807, 2.05) is 16.7 Å². The topological polar surface area (TPSA) is 56.1 Å². The van der Waals surface area contributed by atoms with Crippen LogP contribution in [0.3, 0.4) is 0 Å². The van der Waals surface area contributed by atoms with Gasteiger partial charge in [0.25, 0.3) is 0 Å². The molecule has 1 N–H and O–H groups in total. The molecular weight excluding hydrogens is 419 g/mol. The van der Waals surface area contributed by atoms with Gasteiger partial charge in [-0.2, -0.15) is 13.2 Å². The maximum absolute atomic E-state index is 12.7. The number of nitrogens with one attached hydrogen (secondary N) is 1. The number of piperidine rings is 1. The second-order valence-corrected chi connectivity index (χ2v) is 7.65. The Balaban J connectivity index is 1.79. The van der Waals surface area contributed by atoms with E-state index >= 15 is 0 Å². The van der Waals surface area contributed by atoms with Gasteiger partial charge in [0.15, 0.2) is 5.75 Å². The molecule has 2 heterocycles. The third kappa shape index (κ3) is 4.29. The molecule has 0 atom stereocenters. The first-order valence-corrected chi connectivity index (χ1v) is 9.94. The number of hydrogen-bond donors (Lipinski definition) is 1. The second-order valence-electron chi connectivity index (χ2n) is 7.22. The summed E-state index contributed by atoms with van der Waals surface area (Å²) in [7, 11) is 0. The first kappa shape index (κ1) is 20.7. The van der Waals surface area contributed by atoms with Crippen molar-refractivity contribution in [1.29, 1.82) is 0 Å². The number of esters is 1. The van der Waals surface area contributed by atoms with Gasteiger partial charge in [-0.05, 0) is 55.8 Å². The van der Waals surface area contributed by atoms with Crippen molar-refractivity contribution in [1.82, 2.24) is 14.9 Å². The molecule has 0 aliphatic carbocycles. The van der Waals surface area contributed by atoms with E-state index in [-0.39, 0.29) is 17.2 Å². The van der Waals surface area contributed by atoms with Crippen molar-refractivity contribution >= 4 is 28.6 Å². The third-order valence-corrected chi connectivity index (χ3v) is 5.42. The van der Waals surface area contributed by atoms with E-state index in [9.17, 15) is 18.0 Å². The van der Waals surface area contributed by atoms with Crippen molar-refractivity contribution < 1.29 is 22.7 Å². The number of ether oxygens (including phenoxy) is 1. The summed E-state index contributed by atoms with van der Waals surface area (Å²) in [4.78, 5) is 16.0. The smallest absolute Gasteiger partial charge is 0.417 e. The fraction of sp³-hybridized carbons (Fsp3) is 0.333. The van der Waals surface area contributed by atoms with E-state index in [2.05, 4.69) is 15.0 Å². The fourth-order valence-corrected chi connectivity index (χ4v) is 3.84. The van der Waals surface area contributed by atoms with Crippen LogP contribution in [0.25, 0.3) is 11.0 Å². The number of rotatable bonds is 4. The molecule has 3 aromatic rings. The summed E-state index contributed by atoms with van der Waals surface area (Å²) in [5, 5.41) is 3.92. The Hall–Kier alpha value is -2.58. The summed E-state index contributed by atoms with van der Waals surface area (Å²) in [6.07, 6.45) is -3.35. The minimum absolute atomic E-state index is 0.150. The van der Waals surface area contributed by atoms with Crippen LogP contribution in [0.2, 0.25) is 5.02 Å². The van der Waals surface area contributed by atoms with E-state index in [0.717, 1.165) is 37.3 Å². The second kappa shape index (κ2) is 8.28. The largest absolute Gasteiger partial charge is 0.491 e. The van der Waals surface area contributed by atoms with Crippen molar-refractivity contribution in [2.24, 2.45) is 0 Å². The Labute approximate surface area is 175 Å². The average Bonchev–Trinajstić information content (AvgIpc) is 3.09. The van der Waals surface area contributed by atoms with Crippen LogP contribution in [0.1, 0.15) is 30.1 Å². The molecular formula is C21H19ClF3N3O2. The summed E-state index contributed by atoms with van der Waals surface area (Å²) in [6.45, 7) is 2.15. The number of halogens is 4. The molecule has 1 fully saturated rings. The van der Waals surface area contributed by atoms with Gasteiger partial charge >= 0.3 is 12.1 Å². The molecule has 30 heavy (non-hydrogen) atoms. The van der Waals surface area contributed by atoms with Gasteiger partial charge in [-0.25, -0.2) is 9.78 Å². The molecule has 1 aliphatic rings. The maximum atomic E-state index is 12.7. The fourth-order valence-electron chi connectivity index (χ4n) is 3.71. The van der Waals surface area contributed by atoms with Crippen LogP contribution in [0.5, 0.6) is 5.75 Å². The molecule has 1 aliphatic heterocycles. The predicted octanol–water partition coefficient (Wildman–Crippen LogP) is 4.67. The van der Waals surface area contributed by atoms with Crippen LogP contribution < -0.4 is 10.1 Å². The highest BCUT2D eigenvalue weighted by Crippen LogP contribution is 2.33. The van der Waals surface area contributed by atoms with Crippen molar-refractivity contribution in [3.05, 3.63) is 58.9 Å². The summed E-state index contributed by atoms with van der Waals surface area (Å²) >= 11 is 5.98. The van der Waals surface area contributed by atoms with Crippen LogP contribution in [0, 0.1) is 0 Å². The molecule has 0 radical (unpaired) electrons. The molecule has 4 rings (SSSR count). The van der Waals surface area contributed by atoms with E-state index in [1.165, 1.54) is 6.07 Å². The standard InChI is InChI=1S/C21H19ClF3N3O2/c22-15-6-4-13(5-7-15)12-28-16-2-1-3-17(30-20(29)21(23,24)25)18(16)27-19(28)14-8-10-26-11-9-14/h1-7,14,26H,8-12H2. The number of nitrogens with zero attached hydrogens (tertiary/aromatic N) is 2. The molecule has 1 saturated heterocycles. The lowest BCUT2D eigenvalue weighted by molar-refractivity contribution is -0.189. The van der Waals surface area contributed by atoms with Gasteiger partial charge < -0.3 is 14.6 Å². The highest BCUT2D eigenvalue weighted by atomic mass is 35.5. The molecule has 158 valence electrons. The number of fused-ring (bicyclic) bond motifs is 1. The highest BCUT2D eigenvalue weighted by Gasteiger charge is 2.41. The highest BCUT2D eigenvalue weighted by molar-refractivity contribution is 6.30. The molecule has 0 amide bonds. The summed E-state index contributed by atoms with van der Waals surface area (Å²) in [5.74, 6) is -1.53. The Morgan fingerprint density at radius 2 is 1.87 bits per heavy atom. The Morgan fingerprint density at radius 1 is 1.17 bits per heavy atom. The molecule has 2 aromatic carbocycles. The van der Waals surface area contributed by atoms with E-state index < -0.39 is 12.1 Å². The minimum Gasteiger partial charge on any atom is -0.417 e. The van der Waals surface area contributed by atoms with E-state index in [1.54, 1.807) is 24.3 Å².